The summed E-state index contributed by atoms with van der Waals surface area (Å²) in [5.41, 5.74) is 2.34. The molecule has 1 amide bonds. The van der Waals surface area contributed by atoms with Gasteiger partial charge in [-0.3, -0.25) is 9.59 Å². The topological polar surface area (TPSA) is 101 Å². The summed E-state index contributed by atoms with van der Waals surface area (Å²) in [6.45, 7) is 3.87. The molecule has 0 radical (unpaired) electrons. The second-order valence-electron chi connectivity index (χ2n) is 8.55. The molecule has 1 saturated heterocycles. The van der Waals surface area contributed by atoms with E-state index in [0.29, 0.717) is 18.4 Å². The Bertz CT molecular complexity index is 1260. The molecule has 1 fully saturated rings. The Morgan fingerprint density at radius 2 is 1.79 bits per heavy atom. The van der Waals surface area contributed by atoms with Crippen LogP contribution in [-0.2, 0) is 14.8 Å². The number of carbonyl (C=O) groups excluding carboxylic acids is 2. The quantitative estimate of drug-likeness (QED) is 0.523. The Hall–Kier alpha value is -3.30. The van der Waals surface area contributed by atoms with E-state index in [9.17, 15) is 18.0 Å². The van der Waals surface area contributed by atoms with Gasteiger partial charge < -0.3 is 9.88 Å². The Labute approximate surface area is 199 Å². The van der Waals surface area contributed by atoms with Crippen LogP contribution in [0.1, 0.15) is 48.7 Å². The largest absolute Gasteiger partial charge is 0.349 e. The molecule has 2 aromatic carbocycles. The third kappa shape index (κ3) is 5.10. The maximum Gasteiger partial charge on any atom is 0.243 e. The molecule has 0 aliphatic carbocycles. The molecule has 2 heterocycles. The Kier molecular flexibility index (Phi) is 6.95. The Morgan fingerprint density at radius 1 is 1.09 bits per heavy atom. The molecule has 4 rings (SSSR count). The molecule has 1 aliphatic heterocycles. The zero-order chi connectivity index (χ0) is 24.3. The van der Waals surface area contributed by atoms with Gasteiger partial charge in [0.1, 0.15) is 0 Å². The van der Waals surface area contributed by atoms with Crippen molar-refractivity contribution in [1.29, 1.82) is 0 Å². The predicted molar refractivity (Wildman–Crippen MR) is 128 cm³/mol. The molecule has 0 bridgehead atoms. The first kappa shape index (κ1) is 23.8. The molecule has 1 aromatic heterocycles. The van der Waals surface area contributed by atoms with Crippen LogP contribution >= 0.6 is 0 Å². The molecule has 1 aliphatic rings. The van der Waals surface area contributed by atoms with E-state index in [1.54, 1.807) is 24.7 Å². The monoisotopic (exact) mass is 480 g/mol. The third-order valence-electron chi connectivity index (χ3n) is 6.26. The third-order valence-corrected chi connectivity index (χ3v) is 8.15. The van der Waals surface area contributed by atoms with Crippen LogP contribution in [0.3, 0.4) is 0 Å². The average Bonchev–Trinajstić information content (AvgIpc) is 3.39. The number of amides is 1. The van der Waals surface area contributed by atoms with E-state index in [4.69, 9.17) is 0 Å². The number of nitrogens with zero attached hydrogens (tertiary/aromatic N) is 3. The molecule has 34 heavy (non-hydrogen) atoms. The number of carbonyl (C=O) groups is 2. The smallest absolute Gasteiger partial charge is 0.243 e. The van der Waals surface area contributed by atoms with Gasteiger partial charge in [0, 0.05) is 42.7 Å². The lowest BCUT2D eigenvalue weighted by molar-refractivity contribution is -0.126. The molecule has 0 unspecified atom stereocenters. The van der Waals surface area contributed by atoms with Crippen molar-refractivity contribution in [3.05, 3.63) is 78.4 Å². The van der Waals surface area contributed by atoms with E-state index < -0.39 is 10.0 Å². The lowest BCUT2D eigenvalue weighted by Gasteiger charge is -2.31. The van der Waals surface area contributed by atoms with Gasteiger partial charge in [0.05, 0.1) is 17.3 Å². The normalized spacial score (nSPS) is 16.2. The number of hydrogen-bond donors (Lipinski definition) is 1. The van der Waals surface area contributed by atoms with Gasteiger partial charge in [-0.1, -0.05) is 24.3 Å². The summed E-state index contributed by atoms with van der Waals surface area (Å²) in [5, 5.41) is 3.06. The molecule has 0 saturated carbocycles. The fraction of sp³-hybridized carbons (Fsp3) is 0.320. The van der Waals surface area contributed by atoms with Crippen LogP contribution in [0.15, 0.2) is 72.1 Å². The molecule has 1 atom stereocenters. The summed E-state index contributed by atoms with van der Waals surface area (Å²) in [4.78, 5) is 28.6. The second kappa shape index (κ2) is 9.90. The first-order valence-corrected chi connectivity index (χ1v) is 12.7. The van der Waals surface area contributed by atoms with Crippen LogP contribution < -0.4 is 5.32 Å². The van der Waals surface area contributed by atoms with E-state index >= 15 is 0 Å². The lowest BCUT2D eigenvalue weighted by atomic mass is 9.96. The second-order valence-corrected chi connectivity index (χ2v) is 10.5. The van der Waals surface area contributed by atoms with Crippen molar-refractivity contribution < 1.29 is 18.0 Å². The van der Waals surface area contributed by atoms with Crippen molar-refractivity contribution in [3.8, 4) is 5.69 Å². The van der Waals surface area contributed by atoms with Gasteiger partial charge in [0.25, 0.3) is 0 Å². The van der Waals surface area contributed by atoms with E-state index in [1.165, 1.54) is 23.4 Å². The number of aromatic nitrogens is 2. The summed E-state index contributed by atoms with van der Waals surface area (Å²) in [5.74, 6) is -0.498. The Morgan fingerprint density at radius 3 is 2.41 bits per heavy atom. The summed E-state index contributed by atoms with van der Waals surface area (Å²) >= 11 is 0. The number of Topliss-reactive ketones (excluding diaryl/α,β-unsaturated/α-hetero) is 1. The zero-order valence-electron chi connectivity index (χ0n) is 19.2. The van der Waals surface area contributed by atoms with Gasteiger partial charge in [0.2, 0.25) is 15.9 Å². The fourth-order valence-electron chi connectivity index (χ4n) is 4.14. The van der Waals surface area contributed by atoms with Crippen LogP contribution in [0.25, 0.3) is 5.69 Å². The molecule has 9 heteroatoms. The standard InChI is InChI=1S/C25H28N4O4S/c1-18(20-6-8-23(9-7-20)28-15-12-26-17-28)27-25(31)21-10-13-29(14-11-21)34(32,33)24-5-3-4-22(16-24)19(2)30/h3-9,12,15-18,21H,10-11,13-14H2,1-2H3,(H,27,31)/t18-/m0/s1. The number of benzene rings is 2. The van der Waals surface area contributed by atoms with Crippen LogP contribution in [0, 0.1) is 5.92 Å². The lowest BCUT2D eigenvalue weighted by Crippen LogP contribution is -2.43. The number of ketones is 1. The van der Waals surface area contributed by atoms with Gasteiger partial charge in [-0.05, 0) is 56.5 Å². The number of sulfonamides is 1. The van der Waals surface area contributed by atoms with E-state index in [2.05, 4.69) is 10.3 Å². The molecule has 3 aromatic rings. The molecule has 1 N–H and O–H groups in total. The highest BCUT2D eigenvalue weighted by molar-refractivity contribution is 7.89. The van der Waals surface area contributed by atoms with Crippen molar-refractivity contribution >= 4 is 21.7 Å². The highest BCUT2D eigenvalue weighted by Gasteiger charge is 2.32. The average molecular weight is 481 g/mol. The number of nitrogens with one attached hydrogen (secondary N) is 1. The summed E-state index contributed by atoms with van der Waals surface area (Å²) in [6.07, 6.45) is 6.21. The van der Waals surface area contributed by atoms with Gasteiger partial charge in [-0.25, -0.2) is 13.4 Å². The number of piperidine rings is 1. The van der Waals surface area contributed by atoms with Crippen LogP contribution in [0.2, 0.25) is 0 Å². The number of hydrogen-bond acceptors (Lipinski definition) is 5. The number of imidazole rings is 1. The summed E-state index contributed by atoms with van der Waals surface area (Å²) in [7, 11) is -3.71. The van der Waals surface area contributed by atoms with E-state index in [0.717, 1.165) is 11.3 Å². The van der Waals surface area contributed by atoms with Crippen molar-refractivity contribution in [3.63, 3.8) is 0 Å². The summed E-state index contributed by atoms with van der Waals surface area (Å²) < 4.78 is 29.4. The van der Waals surface area contributed by atoms with Crippen LogP contribution in [0.5, 0.6) is 0 Å². The van der Waals surface area contributed by atoms with Gasteiger partial charge >= 0.3 is 0 Å². The zero-order valence-corrected chi connectivity index (χ0v) is 20.0. The molecule has 0 spiro atoms. The highest BCUT2D eigenvalue weighted by atomic mass is 32.2. The van der Waals surface area contributed by atoms with Gasteiger partial charge in [0.15, 0.2) is 5.78 Å². The highest BCUT2D eigenvalue weighted by Crippen LogP contribution is 2.25. The van der Waals surface area contributed by atoms with E-state index in [1.807, 2.05) is 42.0 Å². The first-order chi connectivity index (χ1) is 16.3. The predicted octanol–water partition coefficient (Wildman–Crippen LogP) is 3.35. The van der Waals surface area contributed by atoms with Gasteiger partial charge in [-0.15, -0.1) is 0 Å². The van der Waals surface area contributed by atoms with Crippen molar-refractivity contribution in [2.24, 2.45) is 5.92 Å². The minimum atomic E-state index is -3.71. The number of rotatable bonds is 7. The minimum Gasteiger partial charge on any atom is -0.349 e. The molecular formula is C25H28N4O4S. The summed E-state index contributed by atoms with van der Waals surface area (Å²) in [6, 6.07) is 13.8. The van der Waals surface area contributed by atoms with Crippen molar-refractivity contribution in [2.45, 2.75) is 37.6 Å². The first-order valence-electron chi connectivity index (χ1n) is 11.3. The molecular weight excluding hydrogens is 452 g/mol. The van der Waals surface area contributed by atoms with Crippen molar-refractivity contribution in [1.82, 2.24) is 19.2 Å². The fourth-order valence-corrected chi connectivity index (χ4v) is 5.66. The van der Waals surface area contributed by atoms with Crippen molar-refractivity contribution in [2.75, 3.05) is 13.1 Å². The maximum absolute atomic E-state index is 13.0. The van der Waals surface area contributed by atoms with Crippen LogP contribution in [0.4, 0.5) is 0 Å². The molecule has 8 nitrogen and oxygen atoms in total. The minimum absolute atomic E-state index is 0.0678. The van der Waals surface area contributed by atoms with Crippen LogP contribution in [-0.4, -0.2) is 47.1 Å². The van der Waals surface area contributed by atoms with Gasteiger partial charge in [-0.2, -0.15) is 4.31 Å². The Balaban J connectivity index is 1.34. The SMILES string of the molecule is CC(=O)c1cccc(S(=O)(=O)N2CCC(C(=O)N[C@@H](C)c3ccc(-n4ccnc4)cc3)CC2)c1. The van der Waals surface area contributed by atoms with E-state index in [-0.39, 0.29) is 41.6 Å². The maximum atomic E-state index is 13.0. The molecule has 178 valence electrons.